The highest BCUT2D eigenvalue weighted by Crippen LogP contribution is 1.86. The zero-order valence-electron chi connectivity index (χ0n) is 4.52. The smallest absolute Gasteiger partial charge is 0.0262 e. The summed E-state index contributed by atoms with van der Waals surface area (Å²) in [7, 11) is 0. The van der Waals surface area contributed by atoms with Gasteiger partial charge in [0.25, 0.3) is 0 Å². The predicted molar refractivity (Wildman–Crippen MR) is 33.5 cm³/mol. The lowest BCUT2D eigenvalue weighted by atomic mass is 10.3. The highest BCUT2D eigenvalue weighted by molar-refractivity contribution is 5.26. The fourth-order valence-corrected chi connectivity index (χ4v) is 0.180. The van der Waals surface area contributed by atoms with Crippen LogP contribution in [0.3, 0.4) is 0 Å². The first kappa shape index (κ1) is 6.15. The molecule has 7 heavy (non-hydrogen) atoms. The quantitative estimate of drug-likeness (QED) is 0.366. The van der Waals surface area contributed by atoms with Crippen molar-refractivity contribution in [3.8, 4) is 0 Å². The Hall–Kier alpha value is -0.850. The van der Waals surface area contributed by atoms with Crippen LogP contribution in [0.25, 0.3) is 0 Å². The van der Waals surface area contributed by atoms with Crippen LogP contribution in [0, 0.1) is 0 Å². The van der Waals surface area contributed by atoms with Crippen molar-refractivity contribution >= 4 is 6.72 Å². The maximum Gasteiger partial charge on any atom is 0.0262 e. The van der Waals surface area contributed by atoms with Crippen molar-refractivity contribution < 1.29 is 0 Å². The van der Waals surface area contributed by atoms with Crippen LogP contribution in [0.15, 0.2) is 29.4 Å². The molecule has 1 nitrogen and oxygen atoms in total. The molecule has 0 radical (unpaired) electrons. The molecule has 0 aromatic heterocycles. The van der Waals surface area contributed by atoms with Crippen LogP contribution >= 0.6 is 0 Å². The second-order valence-electron chi connectivity index (χ2n) is 1.34. The lowest BCUT2D eigenvalue weighted by Crippen LogP contribution is -1.56. The third-order valence-corrected chi connectivity index (χ3v) is 0.464. The first-order chi connectivity index (χ1) is 3.27. The number of hydrogen-bond donors (Lipinski definition) is 0. The molecular formula is C6H9N. The minimum absolute atomic E-state index is 0.993. The van der Waals surface area contributed by atoms with E-state index < -0.39 is 0 Å². The number of hydrogen-bond acceptors (Lipinski definition) is 1. The van der Waals surface area contributed by atoms with Crippen molar-refractivity contribution in [1.82, 2.24) is 0 Å². The summed E-state index contributed by atoms with van der Waals surface area (Å²) in [6.45, 7) is 8.78. The van der Waals surface area contributed by atoms with Gasteiger partial charge in [0.2, 0.25) is 0 Å². The fraction of sp³-hybridized carbons (Fsp3) is 0.167. The Balaban J connectivity index is 3.46. The van der Waals surface area contributed by atoms with Crippen molar-refractivity contribution in [2.75, 3.05) is 0 Å². The van der Waals surface area contributed by atoms with Gasteiger partial charge in [0, 0.05) is 6.20 Å². The first-order valence-corrected chi connectivity index (χ1v) is 2.05. The van der Waals surface area contributed by atoms with Crippen molar-refractivity contribution in [3.05, 3.63) is 24.4 Å². The summed E-state index contributed by atoms with van der Waals surface area (Å²) in [5.41, 5.74) is 0.993. The van der Waals surface area contributed by atoms with Crippen LogP contribution in [0.2, 0.25) is 0 Å². The number of nitrogens with zero attached hydrogens (tertiary/aromatic N) is 1. The van der Waals surface area contributed by atoms with E-state index in [4.69, 9.17) is 0 Å². The Labute approximate surface area is 44.1 Å². The molecule has 38 valence electrons. The summed E-state index contributed by atoms with van der Waals surface area (Å²) in [6.07, 6.45) is 3.41. The van der Waals surface area contributed by atoms with Gasteiger partial charge >= 0.3 is 0 Å². The van der Waals surface area contributed by atoms with Crippen LogP contribution in [-0.2, 0) is 0 Å². The molecule has 1 heteroatoms. The third kappa shape index (κ3) is 5.15. The van der Waals surface area contributed by atoms with E-state index in [1.54, 1.807) is 12.3 Å². The van der Waals surface area contributed by atoms with E-state index in [-0.39, 0.29) is 0 Å². The molecule has 0 atom stereocenters. The molecule has 0 bridgehead atoms. The Morgan fingerprint density at radius 3 is 2.43 bits per heavy atom. The lowest BCUT2D eigenvalue weighted by Gasteiger charge is -1.76. The summed E-state index contributed by atoms with van der Waals surface area (Å²) in [5.74, 6) is 0. The van der Waals surface area contributed by atoms with Gasteiger partial charge in [-0.2, -0.15) is 0 Å². The maximum absolute atomic E-state index is 3.62. The third-order valence-electron chi connectivity index (χ3n) is 0.464. The van der Waals surface area contributed by atoms with Crippen molar-refractivity contribution in [2.45, 2.75) is 6.92 Å². The summed E-state index contributed by atoms with van der Waals surface area (Å²) < 4.78 is 0. The van der Waals surface area contributed by atoms with Crippen LogP contribution in [0.5, 0.6) is 0 Å². The summed E-state index contributed by atoms with van der Waals surface area (Å²) >= 11 is 0. The van der Waals surface area contributed by atoms with Crippen molar-refractivity contribution in [3.63, 3.8) is 0 Å². The molecule has 0 saturated carbocycles. The fourth-order valence-electron chi connectivity index (χ4n) is 0.180. The maximum atomic E-state index is 3.62. The SMILES string of the molecule is C=N/C=C\C(=C)C. The second-order valence-corrected chi connectivity index (χ2v) is 1.34. The predicted octanol–water partition coefficient (Wildman–Crippen LogP) is 1.78. The van der Waals surface area contributed by atoms with E-state index in [0.717, 1.165) is 5.57 Å². The number of aliphatic imine (C=N–C) groups is 1. The van der Waals surface area contributed by atoms with Crippen molar-refractivity contribution in [2.24, 2.45) is 4.99 Å². The van der Waals surface area contributed by atoms with E-state index in [1.165, 1.54) is 0 Å². The van der Waals surface area contributed by atoms with Gasteiger partial charge in [0.15, 0.2) is 0 Å². The van der Waals surface area contributed by atoms with E-state index in [0.29, 0.717) is 0 Å². The molecule has 0 heterocycles. The molecule has 0 aliphatic carbocycles. The molecule has 0 saturated heterocycles. The number of allylic oxidation sites excluding steroid dienone is 2. The zero-order valence-corrected chi connectivity index (χ0v) is 4.52. The van der Waals surface area contributed by atoms with E-state index in [1.807, 2.05) is 6.92 Å². The first-order valence-electron chi connectivity index (χ1n) is 2.05. The number of rotatable bonds is 2. The minimum Gasteiger partial charge on any atom is -0.273 e. The Morgan fingerprint density at radius 2 is 2.29 bits per heavy atom. The Kier molecular flexibility index (Phi) is 2.94. The van der Waals surface area contributed by atoms with Gasteiger partial charge in [-0.15, -0.1) is 0 Å². The van der Waals surface area contributed by atoms with Gasteiger partial charge in [0.05, 0.1) is 0 Å². The van der Waals surface area contributed by atoms with Crippen LogP contribution in [-0.4, -0.2) is 6.72 Å². The van der Waals surface area contributed by atoms with E-state index >= 15 is 0 Å². The summed E-state index contributed by atoms with van der Waals surface area (Å²) in [6, 6.07) is 0. The molecular weight excluding hydrogens is 86.1 g/mol. The summed E-state index contributed by atoms with van der Waals surface area (Å²) in [5, 5.41) is 0. The van der Waals surface area contributed by atoms with Gasteiger partial charge in [-0.25, -0.2) is 0 Å². The molecule has 0 amide bonds. The highest BCUT2D eigenvalue weighted by Gasteiger charge is 1.66. The molecule has 0 unspecified atom stereocenters. The lowest BCUT2D eigenvalue weighted by molar-refractivity contribution is 1.51. The molecule has 0 aromatic carbocycles. The minimum atomic E-state index is 0.993. The largest absolute Gasteiger partial charge is 0.273 e. The summed E-state index contributed by atoms with van der Waals surface area (Å²) in [4.78, 5) is 3.48. The zero-order chi connectivity index (χ0) is 5.70. The molecule has 0 N–H and O–H groups in total. The van der Waals surface area contributed by atoms with E-state index in [9.17, 15) is 0 Å². The highest BCUT2D eigenvalue weighted by atomic mass is 14.6. The molecule has 0 fully saturated rings. The average molecular weight is 95.1 g/mol. The average Bonchev–Trinajstić information content (AvgIpc) is 1.61. The van der Waals surface area contributed by atoms with Crippen LogP contribution in [0.4, 0.5) is 0 Å². The van der Waals surface area contributed by atoms with Gasteiger partial charge in [-0.05, 0) is 19.7 Å². The standard InChI is InChI=1S/C6H9N/c1-6(2)4-5-7-3/h4-5H,1,3H2,2H3/b5-4-. The van der Waals surface area contributed by atoms with Gasteiger partial charge < -0.3 is 0 Å². The molecule has 0 spiro atoms. The Morgan fingerprint density at radius 1 is 1.71 bits per heavy atom. The molecule has 0 aliphatic rings. The normalized spacial score (nSPS) is 9.29. The van der Waals surface area contributed by atoms with Crippen molar-refractivity contribution in [1.29, 1.82) is 0 Å². The van der Waals surface area contributed by atoms with Gasteiger partial charge in [-0.1, -0.05) is 12.2 Å². The molecule has 0 rings (SSSR count). The Bertz CT molecular complexity index is 101. The second kappa shape index (κ2) is 3.34. The molecule has 0 aromatic rings. The van der Waals surface area contributed by atoms with Crippen LogP contribution < -0.4 is 0 Å². The van der Waals surface area contributed by atoms with E-state index in [2.05, 4.69) is 18.3 Å². The molecule has 0 aliphatic heterocycles. The monoisotopic (exact) mass is 95.1 g/mol. The van der Waals surface area contributed by atoms with Gasteiger partial charge in [-0.3, -0.25) is 4.99 Å². The van der Waals surface area contributed by atoms with Gasteiger partial charge in [0.1, 0.15) is 0 Å². The van der Waals surface area contributed by atoms with Crippen LogP contribution in [0.1, 0.15) is 6.92 Å². The topological polar surface area (TPSA) is 12.4 Å².